The van der Waals surface area contributed by atoms with Crippen LogP contribution in [-0.4, -0.2) is 11.6 Å². The second-order valence-electron chi connectivity index (χ2n) is 4.56. The minimum atomic E-state index is 0.621. The van der Waals surface area contributed by atoms with Crippen molar-refractivity contribution >= 4 is 16.6 Å². The fraction of sp³-hybridized carbons (Fsp3) is 0.118. The summed E-state index contributed by atoms with van der Waals surface area (Å²) >= 11 is 0. The lowest BCUT2D eigenvalue weighted by molar-refractivity contribution is 0.338. The van der Waals surface area contributed by atoms with E-state index in [1.165, 1.54) is 0 Å². The summed E-state index contributed by atoms with van der Waals surface area (Å²) in [5.74, 6) is 2.16. The van der Waals surface area contributed by atoms with Crippen molar-refractivity contribution in [3.8, 4) is 17.2 Å². The van der Waals surface area contributed by atoms with Gasteiger partial charge < -0.3 is 15.2 Å². The third-order valence-electron chi connectivity index (χ3n) is 3.11. The maximum Gasteiger partial charge on any atom is 0.153 e. The molecule has 0 aliphatic rings. The van der Waals surface area contributed by atoms with Gasteiger partial charge in [0.15, 0.2) is 5.75 Å². The quantitative estimate of drug-likeness (QED) is 0.734. The Morgan fingerprint density at radius 3 is 2.76 bits per heavy atom. The van der Waals surface area contributed by atoms with Crippen LogP contribution in [0.25, 0.3) is 10.9 Å². The van der Waals surface area contributed by atoms with Crippen LogP contribution in [-0.2, 0) is 0 Å². The molecule has 3 rings (SSSR count). The van der Waals surface area contributed by atoms with E-state index < -0.39 is 0 Å². The van der Waals surface area contributed by atoms with E-state index in [0.29, 0.717) is 23.8 Å². The first-order valence-corrected chi connectivity index (χ1v) is 6.82. The molecule has 0 spiro atoms. The summed E-state index contributed by atoms with van der Waals surface area (Å²) in [6.45, 7) is 2.57. The highest BCUT2D eigenvalue weighted by Gasteiger charge is 2.07. The molecule has 0 saturated heterocycles. The van der Waals surface area contributed by atoms with Gasteiger partial charge in [0.25, 0.3) is 0 Å². The predicted octanol–water partition coefficient (Wildman–Crippen LogP) is 4.01. The van der Waals surface area contributed by atoms with Crippen molar-refractivity contribution in [2.75, 3.05) is 12.3 Å². The van der Waals surface area contributed by atoms with E-state index >= 15 is 0 Å². The second kappa shape index (κ2) is 5.71. The molecule has 3 aromatic rings. The number of ether oxygens (including phenoxy) is 2. The number of nitrogen functional groups attached to an aromatic ring is 1. The zero-order valence-corrected chi connectivity index (χ0v) is 11.7. The first-order chi connectivity index (χ1) is 10.3. The lowest BCUT2D eigenvalue weighted by Crippen LogP contribution is -1.94. The van der Waals surface area contributed by atoms with Gasteiger partial charge in [-0.05, 0) is 43.3 Å². The van der Waals surface area contributed by atoms with Crippen molar-refractivity contribution < 1.29 is 9.47 Å². The number of nitrogens with two attached hydrogens (primary N) is 1. The molecule has 1 aromatic heterocycles. The van der Waals surface area contributed by atoms with Gasteiger partial charge in [-0.3, -0.25) is 4.98 Å². The summed E-state index contributed by atoms with van der Waals surface area (Å²) in [7, 11) is 0. The zero-order chi connectivity index (χ0) is 14.7. The maximum atomic E-state index is 5.97. The van der Waals surface area contributed by atoms with Gasteiger partial charge in [0.1, 0.15) is 17.0 Å². The number of fused-ring (bicyclic) bond motifs is 1. The summed E-state index contributed by atoms with van der Waals surface area (Å²) in [5, 5.41) is 0.885. The molecule has 0 atom stereocenters. The van der Waals surface area contributed by atoms with Crippen molar-refractivity contribution in [2.45, 2.75) is 6.92 Å². The molecular formula is C17H16N2O2. The summed E-state index contributed by atoms with van der Waals surface area (Å²) < 4.78 is 11.4. The molecule has 2 aromatic carbocycles. The van der Waals surface area contributed by atoms with E-state index in [4.69, 9.17) is 15.2 Å². The predicted molar refractivity (Wildman–Crippen MR) is 83.8 cm³/mol. The van der Waals surface area contributed by atoms with Crippen LogP contribution in [0.5, 0.6) is 17.2 Å². The molecule has 0 aliphatic heterocycles. The Bertz CT molecular complexity index is 772. The molecule has 0 fully saturated rings. The third-order valence-corrected chi connectivity index (χ3v) is 3.11. The Balaban J connectivity index is 1.98. The van der Waals surface area contributed by atoms with E-state index in [9.17, 15) is 0 Å². The highest BCUT2D eigenvalue weighted by atomic mass is 16.5. The minimum Gasteiger partial charge on any atom is -0.494 e. The number of hydrogen-bond donors (Lipinski definition) is 1. The molecule has 4 nitrogen and oxygen atoms in total. The average Bonchev–Trinajstić information content (AvgIpc) is 2.51. The molecule has 106 valence electrons. The Morgan fingerprint density at radius 1 is 1.05 bits per heavy atom. The van der Waals surface area contributed by atoms with Crippen molar-refractivity contribution in [2.24, 2.45) is 0 Å². The first kappa shape index (κ1) is 13.2. The van der Waals surface area contributed by atoms with Gasteiger partial charge in [-0.25, -0.2) is 0 Å². The maximum absolute atomic E-state index is 5.97. The standard InChI is InChI=1S/C17H16N2O2/c1-2-20-12-5-3-6-13(11-12)21-16-9-8-15(18)14-7-4-10-19-17(14)16/h3-11H,2,18H2,1H3. The molecule has 1 heterocycles. The Kier molecular flexibility index (Phi) is 3.60. The van der Waals surface area contributed by atoms with Crippen LogP contribution in [0.4, 0.5) is 5.69 Å². The molecular weight excluding hydrogens is 264 g/mol. The molecule has 0 saturated carbocycles. The number of aromatic nitrogens is 1. The number of pyridine rings is 1. The number of benzene rings is 2. The van der Waals surface area contributed by atoms with Crippen LogP contribution >= 0.6 is 0 Å². The molecule has 0 unspecified atom stereocenters. The fourth-order valence-corrected chi connectivity index (χ4v) is 2.17. The Morgan fingerprint density at radius 2 is 1.90 bits per heavy atom. The molecule has 0 radical (unpaired) electrons. The average molecular weight is 280 g/mol. The van der Waals surface area contributed by atoms with Crippen LogP contribution in [0.2, 0.25) is 0 Å². The van der Waals surface area contributed by atoms with Gasteiger partial charge >= 0.3 is 0 Å². The molecule has 0 aliphatic carbocycles. The summed E-state index contributed by atoms with van der Waals surface area (Å²) in [5.41, 5.74) is 7.40. The van der Waals surface area contributed by atoms with Crippen molar-refractivity contribution in [1.82, 2.24) is 4.98 Å². The van der Waals surface area contributed by atoms with Gasteiger partial charge in [0.2, 0.25) is 0 Å². The summed E-state index contributed by atoms with van der Waals surface area (Å²) in [6, 6.07) is 15.0. The fourth-order valence-electron chi connectivity index (χ4n) is 2.17. The van der Waals surface area contributed by atoms with E-state index in [2.05, 4.69) is 4.98 Å². The lowest BCUT2D eigenvalue weighted by Gasteiger charge is -2.11. The van der Waals surface area contributed by atoms with Crippen LogP contribution in [0, 0.1) is 0 Å². The van der Waals surface area contributed by atoms with E-state index in [-0.39, 0.29) is 0 Å². The number of rotatable bonds is 4. The van der Waals surface area contributed by atoms with Crippen molar-refractivity contribution in [1.29, 1.82) is 0 Å². The first-order valence-electron chi connectivity index (χ1n) is 6.82. The topological polar surface area (TPSA) is 57.4 Å². The molecule has 0 bridgehead atoms. The molecule has 4 heteroatoms. The highest BCUT2D eigenvalue weighted by molar-refractivity contribution is 5.94. The van der Waals surface area contributed by atoms with Crippen molar-refractivity contribution in [3.63, 3.8) is 0 Å². The SMILES string of the molecule is CCOc1cccc(Oc2ccc(N)c3cccnc23)c1. The Labute approximate surface area is 123 Å². The largest absolute Gasteiger partial charge is 0.494 e. The lowest BCUT2D eigenvalue weighted by atomic mass is 10.1. The number of hydrogen-bond acceptors (Lipinski definition) is 4. The molecule has 2 N–H and O–H groups in total. The molecule has 0 amide bonds. The van der Waals surface area contributed by atoms with Crippen LogP contribution in [0.3, 0.4) is 0 Å². The third kappa shape index (κ3) is 2.74. The summed E-state index contributed by atoms with van der Waals surface area (Å²) in [6.07, 6.45) is 1.73. The van der Waals surface area contributed by atoms with E-state index in [1.807, 2.05) is 55.5 Å². The Hall–Kier alpha value is -2.75. The van der Waals surface area contributed by atoms with Gasteiger partial charge in [-0.1, -0.05) is 6.07 Å². The van der Waals surface area contributed by atoms with Crippen molar-refractivity contribution in [3.05, 3.63) is 54.7 Å². The van der Waals surface area contributed by atoms with Gasteiger partial charge in [0.05, 0.1) is 6.61 Å². The monoisotopic (exact) mass is 280 g/mol. The van der Waals surface area contributed by atoms with Crippen LogP contribution in [0.15, 0.2) is 54.7 Å². The summed E-state index contributed by atoms with van der Waals surface area (Å²) in [4.78, 5) is 4.36. The number of anilines is 1. The van der Waals surface area contributed by atoms with Crippen LogP contribution in [0.1, 0.15) is 6.92 Å². The number of nitrogens with zero attached hydrogens (tertiary/aromatic N) is 1. The normalized spacial score (nSPS) is 10.5. The van der Waals surface area contributed by atoms with Gasteiger partial charge in [-0.15, -0.1) is 0 Å². The minimum absolute atomic E-state index is 0.621. The highest BCUT2D eigenvalue weighted by Crippen LogP contribution is 2.32. The van der Waals surface area contributed by atoms with E-state index in [0.717, 1.165) is 16.7 Å². The van der Waals surface area contributed by atoms with Gasteiger partial charge in [-0.2, -0.15) is 0 Å². The van der Waals surface area contributed by atoms with Crippen LogP contribution < -0.4 is 15.2 Å². The zero-order valence-electron chi connectivity index (χ0n) is 11.7. The molecule has 21 heavy (non-hydrogen) atoms. The van der Waals surface area contributed by atoms with Gasteiger partial charge in [0, 0.05) is 23.3 Å². The smallest absolute Gasteiger partial charge is 0.153 e. The second-order valence-corrected chi connectivity index (χ2v) is 4.56. The van der Waals surface area contributed by atoms with E-state index in [1.54, 1.807) is 6.20 Å².